The van der Waals surface area contributed by atoms with Crippen molar-refractivity contribution in [1.29, 1.82) is 0 Å². The highest BCUT2D eigenvalue weighted by Crippen LogP contribution is 2.41. The topological polar surface area (TPSA) is 125 Å². The number of halogens is 1. The summed E-state index contributed by atoms with van der Waals surface area (Å²) in [5.41, 5.74) is -2.62. The van der Waals surface area contributed by atoms with Crippen LogP contribution in [0.3, 0.4) is 0 Å². The Bertz CT molecular complexity index is 806. The van der Waals surface area contributed by atoms with E-state index in [2.05, 4.69) is 15.9 Å². The summed E-state index contributed by atoms with van der Waals surface area (Å²) in [6.07, 6.45) is -2.04. The molecule has 0 aliphatic carbocycles. The normalized spacial score (nSPS) is 22.4. The first-order valence-corrected chi connectivity index (χ1v) is 9.31. The Morgan fingerprint density at radius 2 is 1.82 bits per heavy atom. The number of aliphatic hydroxyl groups excluding tert-OH is 1. The third-order valence-corrected chi connectivity index (χ3v) is 4.76. The van der Waals surface area contributed by atoms with Crippen molar-refractivity contribution >= 4 is 39.4 Å². The molecule has 0 radical (unpaired) electrons. The molecule has 0 amide bonds. The van der Waals surface area contributed by atoms with E-state index in [1.165, 1.54) is 26.0 Å². The van der Waals surface area contributed by atoms with Gasteiger partial charge in [-0.25, -0.2) is 9.59 Å². The van der Waals surface area contributed by atoms with Crippen LogP contribution in [0, 0.1) is 5.21 Å². The van der Waals surface area contributed by atoms with Crippen LogP contribution in [0.15, 0.2) is 28.7 Å². The highest BCUT2D eigenvalue weighted by atomic mass is 79.9. The standard InChI is InChI=1S/C18H20BrNO8/c1-4-26-16(23)15(22)14-13(11-6-8-12(19)9-7-11)18(10(3)21,28-20(14)25)17(24)27-5-2/h6-9,13,15,22H,4-5H2,1-3H3/t13-,15+,18+/m1/s1. The maximum absolute atomic E-state index is 12.7. The zero-order chi connectivity index (χ0) is 21.1. The van der Waals surface area contributed by atoms with Crippen molar-refractivity contribution in [2.24, 2.45) is 0 Å². The monoisotopic (exact) mass is 457 g/mol. The van der Waals surface area contributed by atoms with E-state index in [1.54, 1.807) is 12.1 Å². The van der Waals surface area contributed by atoms with Gasteiger partial charge in [0.15, 0.2) is 5.78 Å². The fraction of sp³-hybridized carbons (Fsp3) is 0.444. The number of ketones is 1. The quantitative estimate of drug-likeness (QED) is 0.368. The lowest BCUT2D eigenvalue weighted by Crippen LogP contribution is -2.53. The first-order chi connectivity index (χ1) is 13.2. The summed E-state index contributed by atoms with van der Waals surface area (Å²) in [4.78, 5) is 42.3. The average molecular weight is 458 g/mol. The summed E-state index contributed by atoms with van der Waals surface area (Å²) in [7, 11) is 0. The van der Waals surface area contributed by atoms with Gasteiger partial charge in [-0.1, -0.05) is 28.1 Å². The van der Waals surface area contributed by atoms with Gasteiger partial charge in [0.05, 0.1) is 13.2 Å². The summed E-state index contributed by atoms with van der Waals surface area (Å²) < 4.78 is 10.4. The third kappa shape index (κ3) is 3.74. The second kappa shape index (κ2) is 8.70. The number of Topliss-reactive ketones (excluding diaryl/α,β-unsaturated/α-hetero) is 1. The van der Waals surface area contributed by atoms with Gasteiger partial charge in [0.1, 0.15) is 5.92 Å². The van der Waals surface area contributed by atoms with Crippen LogP contribution in [0.25, 0.3) is 0 Å². The molecule has 1 aromatic rings. The van der Waals surface area contributed by atoms with Crippen molar-refractivity contribution in [1.82, 2.24) is 0 Å². The Kier molecular flexibility index (Phi) is 6.78. The van der Waals surface area contributed by atoms with E-state index in [9.17, 15) is 24.7 Å². The van der Waals surface area contributed by atoms with Crippen molar-refractivity contribution in [3.63, 3.8) is 0 Å². The van der Waals surface area contributed by atoms with Gasteiger partial charge in [-0.2, -0.15) is 0 Å². The summed E-state index contributed by atoms with van der Waals surface area (Å²) >= 11 is 3.27. The second-order valence-electron chi connectivity index (χ2n) is 5.92. The second-order valence-corrected chi connectivity index (χ2v) is 6.84. The van der Waals surface area contributed by atoms with E-state index in [0.717, 1.165) is 6.92 Å². The zero-order valence-electron chi connectivity index (χ0n) is 15.5. The molecule has 3 atom stereocenters. The molecule has 1 N–H and O–H groups in total. The fourth-order valence-corrected chi connectivity index (χ4v) is 3.28. The average Bonchev–Trinajstić information content (AvgIpc) is 2.96. The van der Waals surface area contributed by atoms with Crippen LogP contribution in [0.1, 0.15) is 32.3 Å². The van der Waals surface area contributed by atoms with Gasteiger partial charge in [0, 0.05) is 9.37 Å². The van der Waals surface area contributed by atoms with Crippen LogP contribution in [-0.2, 0) is 28.7 Å². The number of aliphatic hydroxyl groups is 1. The molecule has 10 heteroatoms. The maximum Gasteiger partial charge on any atom is 0.346 e. The van der Waals surface area contributed by atoms with E-state index in [4.69, 9.17) is 14.3 Å². The molecule has 0 saturated heterocycles. The molecule has 2 rings (SSSR count). The molecule has 1 aliphatic heterocycles. The number of benzene rings is 1. The lowest BCUT2D eigenvalue weighted by Gasteiger charge is -2.30. The smallest absolute Gasteiger partial charge is 0.346 e. The van der Waals surface area contributed by atoms with Gasteiger partial charge in [0.2, 0.25) is 11.7 Å². The van der Waals surface area contributed by atoms with Gasteiger partial charge in [0.25, 0.3) is 5.71 Å². The molecule has 28 heavy (non-hydrogen) atoms. The van der Waals surface area contributed by atoms with Crippen molar-refractivity contribution in [3.05, 3.63) is 39.5 Å². The van der Waals surface area contributed by atoms with Gasteiger partial charge in [-0.3, -0.25) is 10.0 Å². The number of rotatable bonds is 7. The molecular weight excluding hydrogens is 438 g/mol. The van der Waals surface area contributed by atoms with Crippen molar-refractivity contribution in [3.8, 4) is 0 Å². The molecule has 9 nitrogen and oxygen atoms in total. The molecule has 1 aromatic carbocycles. The van der Waals surface area contributed by atoms with Crippen molar-refractivity contribution in [2.45, 2.75) is 38.4 Å². The lowest BCUT2D eigenvalue weighted by molar-refractivity contribution is -0.745. The minimum Gasteiger partial charge on any atom is -0.464 e. The summed E-state index contributed by atoms with van der Waals surface area (Å²) in [5.74, 6) is -4.41. The molecule has 0 aromatic heterocycles. The van der Waals surface area contributed by atoms with Crippen LogP contribution in [-0.4, -0.2) is 58.4 Å². The highest BCUT2D eigenvalue weighted by molar-refractivity contribution is 9.10. The molecule has 0 fully saturated rings. The SMILES string of the molecule is CCOC(=O)[C@@H](O)C1=[N+]([O-])O[C@](C(C)=O)(C(=O)OCC)[C@@H]1c1ccc(Br)cc1. The Hall–Kier alpha value is -2.46. The Labute approximate surface area is 169 Å². The predicted molar refractivity (Wildman–Crippen MR) is 99.3 cm³/mol. The number of carbonyl (C=O) groups is 3. The van der Waals surface area contributed by atoms with Gasteiger partial charge >= 0.3 is 11.9 Å². The summed E-state index contributed by atoms with van der Waals surface area (Å²) in [5, 5.41) is 22.9. The predicted octanol–water partition coefficient (Wildman–Crippen LogP) is 1.24. The van der Waals surface area contributed by atoms with Crippen LogP contribution in [0.5, 0.6) is 0 Å². The van der Waals surface area contributed by atoms with Crippen molar-refractivity contribution in [2.75, 3.05) is 13.2 Å². The van der Waals surface area contributed by atoms with Crippen molar-refractivity contribution < 1.29 is 38.7 Å². The van der Waals surface area contributed by atoms with E-state index < -0.39 is 41.1 Å². The Morgan fingerprint density at radius 3 is 2.32 bits per heavy atom. The molecule has 1 heterocycles. The minimum absolute atomic E-state index is 0.0401. The van der Waals surface area contributed by atoms with Crippen LogP contribution in [0.2, 0.25) is 0 Å². The number of hydrogen-bond acceptors (Lipinski definition) is 8. The van der Waals surface area contributed by atoms with Gasteiger partial charge in [-0.15, -0.1) is 0 Å². The fourth-order valence-electron chi connectivity index (χ4n) is 3.01. The van der Waals surface area contributed by atoms with Crippen LogP contribution in [0.4, 0.5) is 0 Å². The minimum atomic E-state index is -2.38. The Morgan fingerprint density at radius 1 is 1.25 bits per heavy atom. The van der Waals surface area contributed by atoms with Crippen LogP contribution >= 0.6 is 15.9 Å². The van der Waals surface area contributed by atoms with E-state index >= 15 is 0 Å². The summed E-state index contributed by atoms with van der Waals surface area (Å²) in [6.45, 7) is 4.01. The summed E-state index contributed by atoms with van der Waals surface area (Å²) in [6, 6.07) is 6.30. The molecule has 0 saturated carbocycles. The van der Waals surface area contributed by atoms with Gasteiger partial charge < -0.3 is 19.4 Å². The first-order valence-electron chi connectivity index (χ1n) is 8.52. The number of hydrogen-bond donors (Lipinski definition) is 1. The van der Waals surface area contributed by atoms with Gasteiger partial charge in [-0.05, 0) is 38.5 Å². The molecule has 0 spiro atoms. The molecule has 152 valence electrons. The van der Waals surface area contributed by atoms with E-state index in [1.807, 2.05) is 0 Å². The zero-order valence-corrected chi connectivity index (χ0v) is 17.1. The molecule has 1 aliphatic rings. The van der Waals surface area contributed by atoms with Crippen LogP contribution < -0.4 is 0 Å². The molecule has 0 bridgehead atoms. The number of esters is 2. The molecular formula is C18H20BrNO8. The van der Waals surface area contributed by atoms with E-state index in [0.29, 0.717) is 10.0 Å². The number of nitrogens with zero attached hydrogens (tertiary/aromatic N) is 1. The van der Waals surface area contributed by atoms with E-state index in [-0.39, 0.29) is 18.1 Å². The highest BCUT2D eigenvalue weighted by Gasteiger charge is 2.64. The largest absolute Gasteiger partial charge is 0.464 e. The Balaban J connectivity index is 2.68. The number of carbonyl (C=O) groups excluding carboxylic acids is 3. The third-order valence-electron chi connectivity index (χ3n) is 4.24. The number of ether oxygens (including phenoxy) is 2. The molecule has 0 unspecified atom stereocenters. The first kappa shape index (κ1) is 21.8. The maximum atomic E-state index is 12.7. The lowest BCUT2D eigenvalue weighted by atomic mass is 9.75.